The van der Waals surface area contributed by atoms with Crippen molar-refractivity contribution >= 4 is 5.91 Å². The van der Waals surface area contributed by atoms with E-state index < -0.39 is 12.1 Å². The van der Waals surface area contributed by atoms with Crippen LogP contribution in [0.15, 0.2) is 109 Å². The zero-order chi connectivity index (χ0) is 42.8. The molecule has 1 amide bonds. The maximum Gasteiger partial charge on any atom is 0.220 e. The lowest BCUT2D eigenvalue weighted by Gasteiger charge is -2.22. The largest absolute Gasteiger partial charge is 0.394 e. The topological polar surface area (TPSA) is 69.6 Å². The van der Waals surface area contributed by atoms with E-state index in [-0.39, 0.29) is 12.5 Å². The van der Waals surface area contributed by atoms with Gasteiger partial charge in [0.05, 0.1) is 18.8 Å². The molecule has 3 N–H and O–H groups in total. The van der Waals surface area contributed by atoms with Gasteiger partial charge in [-0.3, -0.25) is 4.79 Å². The Hall–Kier alpha value is -2.95. The zero-order valence-electron chi connectivity index (χ0n) is 38.5. The van der Waals surface area contributed by atoms with Crippen molar-refractivity contribution < 1.29 is 15.0 Å². The van der Waals surface area contributed by atoms with Gasteiger partial charge in [0.15, 0.2) is 0 Å². The van der Waals surface area contributed by atoms with Gasteiger partial charge in [-0.15, -0.1) is 0 Å². The molecule has 2 atom stereocenters. The number of unbranched alkanes of at least 4 members (excludes halogenated alkanes) is 18. The third-order valence-electron chi connectivity index (χ3n) is 10.5. The summed E-state index contributed by atoms with van der Waals surface area (Å²) in [6, 6.07) is -0.541. The molecule has 0 aliphatic rings. The number of aliphatic hydroxyl groups excluding tert-OH is 2. The summed E-state index contributed by atoms with van der Waals surface area (Å²) >= 11 is 0. The van der Waals surface area contributed by atoms with Crippen LogP contribution >= 0.6 is 0 Å². The second kappa shape index (κ2) is 49.4. The molecule has 0 aromatic carbocycles. The number of amides is 1. The Balaban J connectivity index is 3.56. The van der Waals surface area contributed by atoms with Gasteiger partial charge in [-0.2, -0.15) is 0 Å². The molecule has 0 rings (SSSR count). The predicted octanol–water partition coefficient (Wildman–Crippen LogP) is 16.0. The number of carbonyl (C=O) groups is 1. The first kappa shape index (κ1) is 56.0. The molecule has 4 heteroatoms. The van der Waals surface area contributed by atoms with Gasteiger partial charge in [0.25, 0.3) is 0 Å². The van der Waals surface area contributed by atoms with Crippen LogP contribution in [0.25, 0.3) is 0 Å². The highest BCUT2D eigenvalue weighted by molar-refractivity contribution is 5.76. The molecular weight excluding hydrogens is 723 g/mol. The summed E-state index contributed by atoms with van der Waals surface area (Å²) in [6.45, 7) is 4.20. The molecule has 0 saturated carbocycles. The average molecular weight is 816 g/mol. The minimum absolute atomic E-state index is 0.0429. The van der Waals surface area contributed by atoms with Gasteiger partial charge in [0, 0.05) is 6.42 Å². The number of rotatable bonds is 43. The van der Waals surface area contributed by atoms with Crippen molar-refractivity contribution in [3.63, 3.8) is 0 Å². The average Bonchev–Trinajstić information content (AvgIpc) is 3.24. The first-order valence-corrected chi connectivity index (χ1v) is 24.6. The molecule has 0 saturated heterocycles. The fourth-order valence-electron chi connectivity index (χ4n) is 6.82. The molecule has 336 valence electrons. The van der Waals surface area contributed by atoms with Gasteiger partial charge in [0.2, 0.25) is 5.91 Å². The highest BCUT2D eigenvalue weighted by Crippen LogP contribution is 2.14. The summed E-state index contributed by atoms with van der Waals surface area (Å²) in [5.74, 6) is -0.0429. The van der Waals surface area contributed by atoms with Gasteiger partial charge in [-0.05, 0) is 83.5 Å². The van der Waals surface area contributed by atoms with E-state index in [2.05, 4.69) is 129 Å². The fraction of sp³-hybridized carbons (Fsp3) is 0.655. The van der Waals surface area contributed by atoms with Crippen LogP contribution in [0, 0.1) is 0 Å². The summed E-state index contributed by atoms with van der Waals surface area (Å²) in [7, 11) is 0. The van der Waals surface area contributed by atoms with E-state index in [0.717, 1.165) is 83.5 Å². The van der Waals surface area contributed by atoms with Crippen LogP contribution in [0.5, 0.6) is 0 Å². The predicted molar refractivity (Wildman–Crippen MR) is 262 cm³/mol. The Bertz CT molecular complexity index is 1150. The van der Waals surface area contributed by atoms with E-state index >= 15 is 0 Å². The molecule has 4 nitrogen and oxygen atoms in total. The maximum atomic E-state index is 12.4. The molecule has 59 heavy (non-hydrogen) atoms. The zero-order valence-corrected chi connectivity index (χ0v) is 38.5. The molecule has 2 unspecified atom stereocenters. The van der Waals surface area contributed by atoms with Gasteiger partial charge < -0.3 is 15.5 Å². The van der Waals surface area contributed by atoms with Gasteiger partial charge >= 0.3 is 0 Å². The molecule has 0 radical (unpaired) electrons. The fourth-order valence-corrected chi connectivity index (χ4v) is 6.82. The monoisotopic (exact) mass is 816 g/mol. The Morgan fingerprint density at radius 3 is 1.12 bits per heavy atom. The van der Waals surface area contributed by atoms with Crippen molar-refractivity contribution in [2.24, 2.45) is 0 Å². The van der Waals surface area contributed by atoms with Crippen LogP contribution in [-0.2, 0) is 4.79 Å². The number of allylic oxidation sites excluding steroid dienone is 18. The smallest absolute Gasteiger partial charge is 0.220 e. The minimum atomic E-state index is -0.663. The maximum absolute atomic E-state index is 12.4. The minimum Gasteiger partial charge on any atom is -0.394 e. The molecular formula is C55H93NO3. The van der Waals surface area contributed by atoms with E-state index in [0.29, 0.717) is 12.8 Å². The van der Waals surface area contributed by atoms with Crippen molar-refractivity contribution in [1.82, 2.24) is 5.32 Å². The third-order valence-corrected chi connectivity index (χ3v) is 10.5. The first-order valence-electron chi connectivity index (χ1n) is 24.6. The van der Waals surface area contributed by atoms with E-state index in [9.17, 15) is 15.0 Å². The number of nitrogens with one attached hydrogen (secondary N) is 1. The normalized spacial score (nSPS) is 13.9. The van der Waals surface area contributed by atoms with Crippen LogP contribution in [0.4, 0.5) is 0 Å². The Morgan fingerprint density at radius 1 is 0.424 bits per heavy atom. The SMILES string of the molecule is CC/C=C\C/C=C\C/C=C\C/C=C\C/C=C\C/C=C\C/C=C\C/C=C\C/C=C\CCCCCCCCCCCCCC(=O)NC(CO)C(O)CCCCCCCCCC. The van der Waals surface area contributed by atoms with Crippen LogP contribution in [0.3, 0.4) is 0 Å². The van der Waals surface area contributed by atoms with Crippen molar-refractivity contribution in [3.8, 4) is 0 Å². The lowest BCUT2D eigenvalue weighted by atomic mass is 10.0. The number of hydrogen-bond donors (Lipinski definition) is 3. The van der Waals surface area contributed by atoms with Gasteiger partial charge in [-0.1, -0.05) is 232 Å². The van der Waals surface area contributed by atoms with Crippen LogP contribution < -0.4 is 5.32 Å². The van der Waals surface area contributed by atoms with Crippen molar-refractivity contribution in [2.75, 3.05) is 6.61 Å². The first-order chi connectivity index (χ1) is 29.2. The number of aliphatic hydroxyl groups is 2. The van der Waals surface area contributed by atoms with E-state index in [1.807, 2.05) is 0 Å². The second-order valence-corrected chi connectivity index (χ2v) is 16.2. The highest BCUT2D eigenvalue weighted by atomic mass is 16.3. The molecule has 0 heterocycles. The lowest BCUT2D eigenvalue weighted by molar-refractivity contribution is -0.123. The van der Waals surface area contributed by atoms with Gasteiger partial charge in [-0.25, -0.2) is 0 Å². The molecule has 0 aromatic heterocycles. The van der Waals surface area contributed by atoms with Crippen LogP contribution in [0.1, 0.15) is 213 Å². The molecule has 0 fully saturated rings. The van der Waals surface area contributed by atoms with E-state index in [1.165, 1.54) is 103 Å². The van der Waals surface area contributed by atoms with Crippen LogP contribution in [-0.4, -0.2) is 34.9 Å². The third kappa shape index (κ3) is 46.0. The quantitative estimate of drug-likeness (QED) is 0.0424. The second-order valence-electron chi connectivity index (χ2n) is 16.2. The summed E-state index contributed by atoms with van der Waals surface area (Å²) in [6.07, 6.45) is 74.8. The van der Waals surface area contributed by atoms with E-state index in [1.54, 1.807) is 0 Å². The van der Waals surface area contributed by atoms with Gasteiger partial charge in [0.1, 0.15) is 0 Å². The van der Waals surface area contributed by atoms with E-state index in [4.69, 9.17) is 0 Å². The van der Waals surface area contributed by atoms with Crippen molar-refractivity contribution in [2.45, 2.75) is 225 Å². The van der Waals surface area contributed by atoms with Crippen LogP contribution in [0.2, 0.25) is 0 Å². The lowest BCUT2D eigenvalue weighted by Crippen LogP contribution is -2.45. The Kier molecular flexibility index (Phi) is 46.9. The van der Waals surface area contributed by atoms with Crippen molar-refractivity contribution in [1.29, 1.82) is 0 Å². The summed E-state index contributed by atoms with van der Waals surface area (Å²) in [5, 5.41) is 23.0. The number of carbonyl (C=O) groups excluding carboxylic acids is 1. The molecule has 0 aliphatic carbocycles. The Labute approximate surface area is 366 Å². The molecule has 0 bridgehead atoms. The highest BCUT2D eigenvalue weighted by Gasteiger charge is 2.20. The summed E-state index contributed by atoms with van der Waals surface area (Å²) < 4.78 is 0. The molecule has 0 spiro atoms. The van der Waals surface area contributed by atoms with Crippen molar-refractivity contribution in [3.05, 3.63) is 109 Å². The Morgan fingerprint density at radius 2 is 0.746 bits per heavy atom. The standard InChI is InChI=1S/C55H93NO3/c1-3-5-7-9-11-13-14-15-16-17-18-19-20-21-22-23-24-25-26-27-28-29-30-31-32-33-34-35-36-37-38-39-40-41-42-43-45-47-49-51-55(59)56-53(52-57)54(58)50-48-46-44-12-10-8-6-4-2/h5,7,11,13,15-16,18-19,21-22,24-25,27-28,30-31,33-34,53-54,57-58H,3-4,6,8-10,12,14,17,20,23,26,29,32,35-52H2,1-2H3,(H,56,59)/b7-5-,13-11-,16-15-,19-18-,22-21-,25-24-,28-27-,31-30-,34-33-. The number of hydrogen-bond acceptors (Lipinski definition) is 3. The summed E-state index contributed by atoms with van der Waals surface area (Å²) in [5.41, 5.74) is 0. The molecule has 0 aliphatic heterocycles. The summed E-state index contributed by atoms with van der Waals surface area (Å²) in [4.78, 5) is 12.4. The molecule has 0 aromatic rings.